The van der Waals surface area contributed by atoms with Crippen LogP contribution in [0.25, 0.3) is 0 Å². The number of phenolic OH excluding ortho intramolecular Hbond substituents is 1. The predicted molar refractivity (Wildman–Crippen MR) is 67.2 cm³/mol. The molecule has 0 bridgehead atoms. The molecule has 5 heteroatoms. The highest BCUT2D eigenvalue weighted by atomic mass is 16.3. The van der Waals surface area contributed by atoms with E-state index in [9.17, 15) is 4.91 Å². The van der Waals surface area contributed by atoms with Crippen molar-refractivity contribution in [2.24, 2.45) is 5.18 Å². The molecule has 0 radical (unpaired) electrons. The molecule has 0 aliphatic carbocycles. The van der Waals surface area contributed by atoms with Gasteiger partial charge in [-0.3, -0.25) is 0 Å². The number of rotatable bonds is 4. The zero-order chi connectivity index (χ0) is 12.1. The molecule has 3 N–H and O–H groups in total. The predicted octanol–water partition coefficient (Wildman–Crippen LogP) is 3.23. The maximum atomic E-state index is 10.2. The molecule has 2 aromatic carbocycles. The summed E-state index contributed by atoms with van der Waals surface area (Å²) in [5.74, 6) is 0.219. The lowest BCUT2D eigenvalue weighted by Gasteiger charge is -2.09. The minimum absolute atomic E-state index is 0.219. The van der Waals surface area contributed by atoms with Crippen LogP contribution in [-0.2, 0) is 0 Å². The first-order chi connectivity index (χ1) is 8.28. The summed E-state index contributed by atoms with van der Waals surface area (Å²) in [6.07, 6.45) is 0. The largest absolute Gasteiger partial charge is 0.508 e. The van der Waals surface area contributed by atoms with Gasteiger partial charge in [0.05, 0.1) is 11.4 Å². The molecule has 0 saturated carbocycles. The SMILES string of the molecule is O=Nc1ccc(NNc2ccc(O)cc2)cc1. The Kier molecular flexibility index (Phi) is 3.20. The van der Waals surface area contributed by atoms with Crippen LogP contribution in [0, 0.1) is 4.91 Å². The van der Waals surface area contributed by atoms with Crippen LogP contribution in [-0.4, -0.2) is 5.11 Å². The average Bonchev–Trinajstić information content (AvgIpc) is 2.39. The molecule has 2 aromatic rings. The van der Waals surface area contributed by atoms with Gasteiger partial charge in [-0.05, 0) is 53.7 Å². The maximum absolute atomic E-state index is 10.2. The smallest absolute Gasteiger partial charge is 0.115 e. The topological polar surface area (TPSA) is 73.7 Å². The summed E-state index contributed by atoms with van der Waals surface area (Å²) in [4.78, 5) is 10.2. The molecule has 0 aromatic heterocycles. The number of aromatic hydroxyl groups is 1. The molecule has 0 spiro atoms. The third kappa shape index (κ3) is 2.94. The highest BCUT2D eigenvalue weighted by Crippen LogP contribution is 2.17. The van der Waals surface area contributed by atoms with Crippen molar-refractivity contribution >= 4 is 17.1 Å². The van der Waals surface area contributed by atoms with E-state index in [0.717, 1.165) is 11.4 Å². The van der Waals surface area contributed by atoms with Gasteiger partial charge in [0.15, 0.2) is 0 Å². The van der Waals surface area contributed by atoms with Crippen molar-refractivity contribution in [1.82, 2.24) is 0 Å². The lowest BCUT2D eigenvalue weighted by molar-refractivity contribution is 0.475. The Hall–Kier alpha value is -2.56. The van der Waals surface area contributed by atoms with Gasteiger partial charge in [-0.15, -0.1) is 4.91 Å². The fourth-order valence-corrected chi connectivity index (χ4v) is 1.29. The Morgan fingerprint density at radius 3 is 1.76 bits per heavy atom. The summed E-state index contributed by atoms with van der Waals surface area (Å²) in [5.41, 5.74) is 7.93. The van der Waals surface area contributed by atoms with Crippen LogP contribution in [0.1, 0.15) is 0 Å². The molecule has 86 valence electrons. The second kappa shape index (κ2) is 4.98. The maximum Gasteiger partial charge on any atom is 0.115 e. The minimum atomic E-state index is 0.219. The Morgan fingerprint density at radius 2 is 1.29 bits per heavy atom. The third-order valence-electron chi connectivity index (χ3n) is 2.19. The van der Waals surface area contributed by atoms with Crippen molar-refractivity contribution in [2.45, 2.75) is 0 Å². The molecular weight excluding hydrogens is 218 g/mol. The highest BCUT2D eigenvalue weighted by molar-refractivity contribution is 5.56. The van der Waals surface area contributed by atoms with Crippen LogP contribution in [0.4, 0.5) is 17.1 Å². The van der Waals surface area contributed by atoms with Gasteiger partial charge in [0, 0.05) is 0 Å². The van der Waals surface area contributed by atoms with Gasteiger partial charge in [-0.2, -0.15) is 0 Å². The highest BCUT2D eigenvalue weighted by Gasteiger charge is 1.94. The Balaban J connectivity index is 1.97. The van der Waals surface area contributed by atoms with Gasteiger partial charge in [0.2, 0.25) is 0 Å². The minimum Gasteiger partial charge on any atom is -0.508 e. The van der Waals surface area contributed by atoms with E-state index >= 15 is 0 Å². The number of nitrogens with one attached hydrogen (secondary N) is 2. The van der Waals surface area contributed by atoms with Crippen LogP contribution in [0.5, 0.6) is 5.75 Å². The van der Waals surface area contributed by atoms with Gasteiger partial charge in [-0.25, -0.2) is 0 Å². The monoisotopic (exact) mass is 229 g/mol. The molecule has 0 saturated heterocycles. The van der Waals surface area contributed by atoms with Gasteiger partial charge in [0.1, 0.15) is 11.4 Å². The van der Waals surface area contributed by atoms with Gasteiger partial charge < -0.3 is 16.0 Å². The second-order valence-corrected chi connectivity index (χ2v) is 3.44. The van der Waals surface area contributed by atoms with Crippen molar-refractivity contribution in [1.29, 1.82) is 0 Å². The fourth-order valence-electron chi connectivity index (χ4n) is 1.29. The van der Waals surface area contributed by atoms with E-state index < -0.39 is 0 Å². The Bertz CT molecular complexity index is 494. The second-order valence-electron chi connectivity index (χ2n) is 3.44. The van der Waals surface area contributed by atoms with Gasteiger partial charge >= 0.3 is 0 Å². The van der Waals surface area contributed by atoms with Crippen LogP contribution in [0.3, 0.4) is 0 Å². The Morgan fingerprint density at radius 1 is 0.824 bits per heavy atom. The molecule has 0 fully saturated rings. The standard InChI is InChI=1S/C12H11N3O2/c16-12-7-5-10(6-8-12)14-13-9-1-3-11(15-17)4-2-9/h1-8,13-14,16H. The molecule has 0 heterocycles. The molecule has 17 heavy (non-hydrogen) atoms. The lowest BCUT2D eigenvalue weighted by atomic mass is 10.3. The summed E-state index contributed by atoms with van der Waals surface area (Å²) >= 11 is 0. The first-order valence-corrected chi connectivity index (χ1v) is 5.02. The van der Waals surface area contributed by atoms with Crippen molar-refractivity contribution in [3.63, 3.8) is 0 Å². The Labute approximate surface area is 98.0 Å². The van der Waals surface area contributed by atoms with E-state index in [1.807, 2.05) is 0 Å². The quantitative estimate of drug-likeness (QED) is 0.427. The number of hydrogen-bond acceptors (Lipinski definition) is 5. The number of benzene rings is 2. The number of nitrogens with zero attached hydrogens (tertiary/aromatic N) is 1. The number of nitroso groups, excluding NO2 is 1. The van der Waals surface area contributed by atoms with E-state index in [1.165, 1.54) is 0 Å². The van der Waals surface area contributed by atoms with Crippen molar-refractivity contribution in [3.05, 3.63) is 53.4 Å². The van der Waals surface area contributed by atoms with Crippen LogP contribution >= 0.6 is 0 Å². The van der Waals surface area contributed by atoms with Gasteiger partial charge in [-0.1, -0.05) is 0 Å². The summed E-state index contributed by atoms with van der Waals surface area (Å²) in [6, 6.07) is 13.4. The first-order valence-electron chi connectivity index (χ1n) is 5.02. The van der Waals surface area contributed by atoms with Crippen LogP contribution in [0.15, 0.2) is 53.7 Å². The van der Waals surface area contributed by atoms with Crippen molar-refractivity contribution in [3.8, 4) is 5.75 Å². The van der Waals surface area contributed by atoms with Crippen LogP contribution in [0.2, 0.25) is 0 Å². The molecule has 0 atom stereocenters. The molecule has 0 aliphatic heterocycles. The number of anilines is 2. The third-order valence-corrected chi connectivity index (χ3v) is 2.19. The molecule has 0 unspecified atom stereocenters. The van der Waals surface area contributed by atoms with Gasteiger partial charge in [0.25, 0.3) is 0 Å². The average molecular weight is 229 g/mol. The summed E-state index contributed by atoms with van der Waals surface area (Å²) in [7, 11) is 0. The van der Waals surface area contributed by atoms with E-state index in [-0.39, 0.29) is 5.75 Å². The zero-order valence-electron chi connectivity index (χ0n) is 8.92. The first kappa shape index (κ1) is 10.9. The van der Waals surface area contributed by atoms with Crippen LogP contribution < -0.4 is 10.9 Å². The summed E-state index contributed by atoms with van der Waals surface area (Å²) in [5, 5.41) is 11.9. The van der Waals surface area contributed by atoms with E-state index in [2.05, 4.69) is 16.0 Å². The zero-order valence-corrected chi connectivity index (χ0v) is 8.92. The van der Waals surface area contributed by atoms with Crippen molar-refractivity contribution in [2.75, 3.05) is 10.9 Å². The molecular formula is C12H11N3O2. The molecule has 0 amide bonds. The summed E-state index contributed by atoms with van der Waals surface area (Å²) < 4.78 is 0. The molecule has 0 aliphatic rings. The van der Waals surface area contributed by atoms with E-state index in [1.54, 1.807) is 48.5 Å². The number of hydrazine groups is 1. The number of hydrogen-bond donors (Lipinski definition) is 3. The fraction of sp³-hybridized carbons (Fsp3) is 0. The molecule has 2 rings (SSSR count). The normalized spacial score (nSPS) is 9.65. The summed E-state index contributed by atoms with van der Waals surface area (Å²) in [6.45, 7) is 0. The molecule has 5 nitrogen and oxygen atoms in total. The number of phenols is 1. The lowest BCUT2D eigenvalue weighted by Crippen LogP contribution is -2.07. The van der Waals surface area contributed by atoms with E-state index in [4.69, 9.17) is 5.11 Å². The van der Waals surface area contributed by atoms with Crippen molar-refractivity contribution < 1.29 is 5.11 Å². The van der Waals surface area contributed by atoms with E-state index in [0.29, 0.717) is 5.69 Å².